The number of ether oxygens (including phenoxy) is 2. The lowest BCUT2D eigenvalue weighted by molar-refractivity contribution is 0.0281. The van der Waals surface area contributed by atoms with Crippen molar-refractivity contribution >= 4 is 6.09 Å². The zero-order valence-corrected chi connectivity index (χ0v) is 17.8. The molecule has 0 saturated heterocycles. The van der Waals surface area contributed by atoms with Crippen LogP contribution in [0.25, 0.3) is 11.1 Å². The molecule has 4 rings (SSSR count). The number of hydrogen-bond donors (Lipinski definition) is 2. The van der Waals surface area contributed by atoms with E-state index >= 15 is 0 Å². The van der Waals surface area contributed by atoms with E-state index in [1.165, 1.54) is 22.3 Å². The van der Waals surface area contributed by atoms with Crippen LogP contribution in [0.2, 0.25) is 0 Å². The van der Waals surface area contributed by atoms with Crippen LogP contribution in [-0.4, -0.2) is 30.0 Å². The fourth-order valence-electron chi connectivity index (χ4n) is 3.86. The van der Waals surface area contributed by atoms with Gasteiger partial charge in [-0.3, -0.25) is 0 Å². The van der Waals surface area contributed by atoms with Gasteiger partial charge < -0.3 is 19.9 Å². The molecule has 0 atom stereocenters. The van der Waals surface area contributed by atoms with Crippen LogP contribution in [0, 0.1) is 0 Å². The van der Waals surface area contributed by atoms with Crippen molar-refractivity contribution in [3.8, 4) is 16.9 Å². The highest BCUT2D eigenvalue weighted by molar-refractivity contribution is 5.79. The van der Waals surface area contributed by atoms with Crippen LogP contribution in [0.1, 0.15) is 36.5 Å². The molecule has 0 aliphatic heterocycles. The van der Waals surface area contributed by atoms with E-state index in [1.807, 2.05) is 48.5 Å². The standard InChI is InChI=1S/C26H27NO4/c1-26(2,29)17-31-24-14-8-3-9-18(24)15-27-25(28)30-16-23-21-12-6-4-10-19(21)20-11-5-7-13-22(20)23/h3-14,23,29H,15-17H2,1-2H3,(H,27,28). The minimum absolute atomic E-state index is 0.0283. The fraction of sp³-hybridized carbons (Fsp3) is 0.269. The topological polar surface area (TPSA) is 67.8 Å². The van der Waals surface area contributed by atoms with Crippen molar-refractivity contribution in [1.29, 1.82) is 0 Å². The summed E-state index contributed by atoms with van der Waals surface area (Å²) >= 11 is 0. The smallest absolute Gasteiger partial charge is 0.407 e. The lowest BCUT2D eigenvalue weighted by Crippen LogP contribution is -2.29. The van der Waals surface area contributed by atoms with Gasteiger partial charge in [0.05, 0.1) is 5.60 Å². The SMILES string of the molecule is CC(C)(O)COc1ccccc1CNC(=O)OCC1c2ccccc2-c2ccccc21. The van der Waals surface area contributed by atoms with Crippen molar-refractivity contribution in [1.82, 2.24) is 5.32 Å². The number of hydrogen-bond acceptors (Lipinski definition) is 4. The average molecular weight is 418 g/mol. The lowest BCUT2D eigenvalue weighted by Gasteiger charge is -2.19. The first kappa shape index (κ1) is 20.9. The number of carbonyl (C=O) groups excluding carboxylic acids is 1. The molecule has 3 aromatic carbocycles. The molecule has 0 aromatic heterocycles. The summed E-state index contributed by atoms with van der Waals surface area (Å²) in [7, 11) is 0. The average Bonchev–Trinajstić information content (AvgIpc) is 3.08. The van der Waals surface area contributed by atoms with E-state index in [4.69, 9.17) is 9.47 Å². The van der Waals surface area contributed by atoms with Crippen LogP contribution in [0.15, 0.2) is 72.8 Å². The van der Waals surface area contributed by atoms with Crippen molar-refractivity contribution in [3.05, 3.63) is 89.5 Å². The zero-order chi connectivity index (χ0) is 21.8. The summed E-state index contributed by atoms with van der Waals surface area (Å²) in [5, 5.41) is 12.7. The number of para-hydroxylation sites is 1. The normalized spacial score (nSPS) is 12.7. The van der Waals surface area contributed by atoms with E-state index in [0.29, 0.717) is 5.75 Å². The maximum Gasteiger partial charge on any atom is 0.407 e. The third kappa shape index (κ3) is 4.89. The van der Waals surface area contributed by atoms with E-state index in [9.17, 15) is 9.90 Å². The van der Waals surface area contributed by atoms with Crippen molar-refractivity contribution in [2.45, 2.75) is 31.9 Å². The second-order valence-electron chi connectivity index (χ2n) is 8.39. The molecule has 3 aromatic rings. The summed E-state index contributed by atoms with van der Waals surface area (Å²) < 4.78 is 11.3. The van der Waals surface area contributed by atoms with Crippen LogP contribution in [0.5, 0.6) is 5.75 Å². The Labute approximate surface area is 182 Å². The minimum atomic E-state index is -0.937. The second kappa shape index (κ2) is 8.82. The molecule has 5 nitrogen and oxygen atoms in total. The van der Waals surface area contributed by atoms with Gasteiger partial charge in [-0.1, -0.05) is 66.7 Å². The Morgan fingerprint density at radius 3 is 2.16 bits per heavy atom. The fourth-order valence-corrected chi connectivity index (χ4v) is 3.86. The first-order chi connectivity index (χ1) is 14.9. The van der Waals surface area contributed by atoms with Crippen LogP contribution in [0.4, 0.5) is 4.79 Å². The van der Waals surface area contributed by atoms with Gasteiger partial charge in [0, 0.05) is 18.0 Å². The Morgan fingerprint density at radius 2 is 1.52 bits per heavy atom. The van der Waals surface area contributed by atoms with Crippen molar-refractivity contribution in [3.63, 3.8) is 0 Å². The lowest BCUT2D eigenvalue weighted by atomic mass is 9.98. The largest absolute Gasteiger partial charge is 0.490 e. The van der Waals surface area contributed by atoms with Crippen molar-refractivity contribution in [2.24, 2.45) is 0 Å². The summed E-state index contributed by atoms with van der Waals surface area (Å²) in [6, 6.07) is 23.9. The molecule has 160 valence electrons. The molecular weight excluding hydrogens is 390 g/mol. The minimum Gasteiger partial charge on any atom is -0.490 e. The van der Waals surface area contributed by atoms with Gasteiger partial charge in [0.1, 0.15) is 19.0 Å². The predicted molar refractivity (Wildman–Crippen MR) is 120 cm³/mol. The van der Waals surface area contributed by atoms with Crippen molar-refractivity contribution < 1.29 is 19.4 Å². The molecule has 0 unspecified atom stereocenters. The highest BCUT2D eigenvalue weighted by atomic mass is 16.5. The number of alkyl carbamates (subject to hydrolysis) is 1. The maximum atomic E-state index is 12.4. The molecule has 1 aliphatic rings. The van der Waals surface area contributed by atoms with Gasteiger partial charge in [-0.2, -0.15) is 0 Å². The van der Waals surface area contributed by atoms with Gasteiger partial charge in [-0.25, -0.2) is 4.79 Å². The summed E-state index contributed by atoms with van der Waals surface area (Å²) in [5.41, 5.74) is 4.65. The first-order valence-corrected chi connectivity index (χ1v) is 10.4. The summed E-state index contributed by atoms with van der Waals surface area (Å²) in [5.74, 6) is 0.657. The number of carbonyl (C=O) groups is 1. The van der Waals surface area contributed by atoms with Crippen LogP contribution in [-0.2, 0) is 11.3 Å². The Morgan fingerprint density at radius 1 is 0.935 bits per heavy atom. The van der Waals surface area contributed by atoms with E-state index in [-0.39, 0.29) is 25.7 Å². The van der Waals surface area contributed by atoms with Gasteiger partial charge in [0.15, 0.2) is 0 Å². The number of benzene rings is 3. The number of fused-ring (bicyclic) bond motifs is 3. The molecule has 31 heavy (non-hydrogen) atoms. The summed E-state index contributed by atoms with van der Waals surface area (Å²) in [4.78, 5) is 12.4. The van der Waals surface area contributed by atoms with Gasteiger partial charge in [-0.05, 0) is 42.2 Å². The molecule has 0 saturated carbocycles. The highest BCUT2D eigenvalue weighted by Gasteiger charge is 2.29. The molecule has 0 heterocycles. The van der Waals surface area contributed by atoms with Gasteiger partial charge in [0.2, 0.25) is 0 Å². The quantitative estimate of drug-likeness (QED) is 0.575. The van der Waals surface area contributed by atoms with E-state index in [2.05, 4.69) is 29.6 Å². The Balaban J connectivity index is 1.37. The first-order valence-electron chi connectivity index (χ1n) is 10.4. The molecular formula is C26H27NO4. The monoisotopic (exact) mass is 417 g/mol. The molecule has 1 amide bonds. The van der Waals surface area contributed by atoms with Crippen LogP contribution >= 0.6 is 0 Å². The Bertz CT molecular complexity index is 1030. The number of aliphatic hydroxyl groups is 1. The van der Waals surface area contributed by atoms with Crippen LogP contribution in [0.3, 0.4) is 0 Å². The molecule has 0 radical (unpaired) electrons. The van der Waals surface area contributed by atoms with Gasteiger partial charge >= 0.3 is 6.09 Å². The molecule has 0 bridgehead atoms. The maximum absolute atomic E-state index is 12.4. The molecule has 0 spiro atoms. The summed E-state index contributed by atoms with van der Waals surface area (Å²) in [6.45, 7) is 4.08. The molecule has 1 aliphatic carbocycles. The van der Waals surface area contributed by atoms with Crippen molar-refractivity contribution in [2.75, 3.05) is 13.2 Å². The molecule has 5 heteroatoms. The van der Waals surface area contributed by atoms with E-state index < -0.39 is 11.7 Å². The summed E-state index contributed by atoms with van der Waals surface area (Å²) in [6.07, 6.45) is -0.473. The molecule has 2 N–H and O–H groups in total. The number of nitrogens with one attached hydrogen (secondary N) is 1. The third-order valence-electron chi connectivity index (χ3n) is 5.32. The predicted octanol–water partition coefficient (Wildman–Crippen LogP) is 4.88. The number of rotatable bonds is 7. The van der Waals surface area contributed by atoms with E-state index in [0.717, 1.165) is 5.56 Å². The zero-order valence-electron chi connectivity index (χ0n) is 17.8. The van der Waals surface area contributed by atoms with E-state index in [1.54, 1.807) is 13.8 Å². The molecule has 0 fully saturated rings. The Hall–Kier alpha value is -3.31. The second-order valence-corrected chi connectivity index (χ2v) is 8.39. The number of amides is 1. The van der Waals surface area contributed by atoms with Gasteiger partial charge in [-0.15, -0.1) is 0 Å². The van der Waals surface area contributed by atoms with Crippen LogP contribution < -0.4 is 10.1 Å². The third-order valence-corrected chi connectivity index (χ3v) is 5.32. The highest BCUT2D eigenvalue weighted by Crippen LogP contribution is 2.44. The Kier molecular flexibility index (Phi) is 5.96. The van der Waals surface area contributed by atoms with Gasteiger partial charge in [0.25, 0.3) is 0 Å².